The Kier molecular flexibility index (Phi) is 2.72. The monoisotopic (exact) mass is 287 g/mol. The molecule has 2 atom stereocenters. The molecule has 2 heterocycles. The molecule has 3 aliphatic rings. The van der Waals surface area contributed by atoms with E-state index in [2.05, 4.69) is 4.90 Å². The zero-order chi connectivity index (χ0) is 14.6. The summed E-state index contributed by atoms with van der Waals surface area (Å²) in [5, 5.41) is 10.0. The number of hydrogen-bond acceptors (Lipinski definition) is 3. The molecule has 0 aromatic heterocycles. The first-order chi connectivity index (χ1) is 10.2. The first-order valence-corrected chi connectivity index (χ1v) is 7.87. The lowest BCUT2D eigenvalue weighted by Gasteiger charge is -2.49. The molecular formula is C17H21NO3. The van der Waals surface area contributed by atoms with Crippen LogP contribution < -0.4 is 4.74 Å². The number of benzene rings is 1. The minimum atomic E-state index is -0.135. The number of carbonyl (C=O) groups is 1. The second kappa shape index (κ2) is 4.39. The van der Waals surface area contributed by atoms with Crippen molar-refractivity contribution in [3.8, 4) is 11.5 Å². The van der Waals surface area contributed by atoms with Crippen LogP contribution >= 0.6 is 0 Å². The third-order valence-electron chi connectivity index (χ3n) is 5.72. The fourth-order valence-corrected chi connectivity index (χ4v) is 4.84. The summed E-state index contributed by atoms with van der Waals surface area (Å²) >= 11 is 0. The van der Waals surface area contributed by atoms with Crippen LogP contribution in [-0.4, -0.2) is 29.6 Å². The Morgan fingerprint density at radius 2 is 2.24 bits per heavy atom. The molecule has 1 saturated carbocycles. The van der Waals surface area contributed by atoms with Gasteiger partial charge in [-0.1, -0.05) is 12.8 Å². The lowest BCUT2D eigenvalue weighted by molar-refractivity contribution is -0.132. The standard InChI is InChI=1S/C17H21NO3/c1-21-15-10-13-11(8-14(15)19)5-7-18-16(20)9-12-4-2-3-6-17(12,13)18/h8,10,12,19H,2-7,9H2,1H3/t12-,17-/m1/s1. The van der Waals surface area contributed by atoms with Crippen molar-refractivity contribution in [1.29, 1.82) is 0 Å². The van der Waals surface area contributed by atoms with Gasteiger partial charge in [-0.05, 0) is 48.4 Å². The van der Waals surface area contributed by atoms with Crippen molar-refractivity contribution >= 4 is 5.91 Å². The summed E-state index contributed by atoms with van der Waals surface area (Å²) in [5.74, 6) is 1.46. The summed E-state index contributed by atoms with van der Waals surface area (Å²) in [6.07, 6.45) is 6.08. The molecule has 4 nitrogen and oxygen atoms in total. The molecule has 21 heavy (non-hydrogen) atoms. The van der Waals surface area contributed by atoms with Crippen LogP contribution in [0, 0.1) is 5.92 Å². The van der Waals surface area contributed by atoms with Crippen LogP contribution in [0.25, 0.3) is 0 Å². The highest BCUT2D eigenvalue weighted by Gasteiger charge is 2.56. The second-order valence-electron chi connectivity index (χ2n) is 6.55. The van der Waals surface area contributed by atoms with E-state index in [1.54, 1.807) is 7.11 Å². The number of fused-ring (bicyclic) bond motifs is 1. The molecule has 112 valence electrons. The van der Waals surface area contributed by atoms with Crippen molar-refractivity contribution < 1.29 is 14.6 Å². The smallest absolute Gasteiger partial charge is 0.223 e. The number of phenols is 1. The van der Waals surface area contributed by atoms with Crippen LogP contribution in [0.1, 0.15) is 43.2 Å². The number of ether oxygens (including phenoxy) is 1. The molecule has 2 fully saturated rings. The predicted octanol–water partition coefficient (Wildman–Crippen LogP) is 2.57. The Morgan fingerprint density at radius 1 is 1.38 bits per heavy atom. The van der Waals surface area contributed by atoms with Crippen LogP contribution in [0.2, 0.25) is 0 Å². The summed E-state index contributed by atoms with van der Waals surface area (Å²) in [5.41, 5.74) is 2.27. The van der Waals surface area contributed by atoms with Gasteiger partial charge in [-0.2, -0.15) is 0 Å². The third kappa shape index (κ3) is 1.59. The second-order valence-corrected chi connectivity index (χ2v) is 6.55. The van der Waals surface area contributed by atoms with Gasteiger partial charge in [-0.25, -0.2) is 0 Å². The topological polar surface area (TPSA) is 49.8 Å². The van der Waals surface area contributed by atoms with E-state index in [1.807, 2.05) is 12.1 Å². The summed E-state index contributed by atoms with van der Waals surface area (Å²) in [6.45, 7) is 0.786. The van der Waals surface area contributed by atoms with E-state index in [0.29, 0.717) is 24.0 Å². The number of phenolic OH excluding ortho intramolecular Hbond substituents is 1. The predicted molar refractivity (Wildman–Crippen MR) is 78.3 cm³/mol. The molecule has 0 radical (unpaired) electrons. The maximum atomic E-state index is 12.4. The fraction of sp³-hybridized carbons (Fsp3) is 0.588. The van der Waals surface area contributed by atoms with Crippen molar-refractivity contribution in [3.05, 3.63) is 23.3 Å². The molecular weight excluding hydrogens is 266 g/mol. The highest BCUT2D eigenvalue weighted by Crippen LogP contribution is 2.56. The van der Waals surface area contributed by atoms with Gasteiger partial charge in [0.1, 0.15) is 0 Å². The van der Waals surface area contributed by atoms with E-state index >= 15 is 0 Å². The SMILES string of the molecule is COc1cc2c(cc1O)CCN1C(=O)C[C@H]3CCCC[C@]231. The number of aromatic hydroxyl groups is 1. The highest BCUT2D eigenvalue weighted by molar-refractivity contribution is 5.81. The van der Waals surface area contributed by atoms with E-state index in [0.717, 1.165) is 25.8 Å². The zero-order valence-corrected chi connectivity index (χ0v) is 12.4. The maximum Gasteiger partial charge on any atom is 0.223 e. The molecule has 4 heteroatoms. The molecule has 4 rings (SSSR count). The Balaban J connectivity index is 1.93. The van der Waals surface area contributed by atoms with Gasteiger partial charge in [0.05, 0.1) is 12.6 Å². The van der Waals surface area contributed by atoms with Crippen LogP contribution in [0.4, 0.5) is 0 Å². The van der Waals surface area contributed by atoms with Crippen molar-refractivity contribution in [2.45, 2.75) is 44.1 Å². The van der Waals surface area contributed by atoms with Gasteiger partial charge in [0.25, 0.3) is 0 Å². The summed E-state index contributed by atoms with van der Waals surface area (Å²) in [7, 11) is 1.58. The first-order valence-electron chi connectivity index (χ1n) is 7.87. The average Bonchev–Trinajstić information content (AvgIpc) is 2.79. The van der Waals surface area contributed by atoms with Crippen molar-refractivity contribution in [2.75, 3.05) is 13.7 Å². The molecule has 1 amide bonds. The Hall–Kier alpha value is -1.71. The summed E-state index contributed by atoms with van der Waals surface area (Å²) < 4.78 is 5.31. The molecule has 2 aliphatic heterocycles. The van der Waals surface area contributed by atoms with E-state index in [9.17, 15) is 9.90 Å². The molecule has 1 N–H and O–H groups in total. The van der Waals surface area contributed by atoms with Crippen molar-refractivity contribution in [3.63, 3.8) is 0 Å². The van der Waals surface area contributed by atoms with Gasteiger partial charge in [-0.3, -0.25) is 4.79 Å². The van der Waals surface area contributed by atoms with Crippen molar-refractivity contribution in [1.82, 2.24) is 4.90 Å². The van der Waals surface area contributed by atoms with E-state index in [-0.39, 0.29) is 11.3 Å². The molecule has 1 aliphatic carbocycles. The fourth-order valence-electron chi connectivity index (χ4n) is 4.84. The molecule has 1 aromatic carbocycles. The molecule has 0 unspecified atom stereocenters. The largest absolute Gasteiger partial charge is 0.504 e. The van der Waals surface area contributed by atoms with Gasteiger partial charge >= 0.3 is 0 Å². The normalized spacial score (nSPS) is 30.6. The van der Waals surface area contributed by atoms with Gasteiger partial charge in [0.15, 0.2) is 11.5 Å². The zero-order valence-electron chi connectivity index (χ0n) is 12.4. The van der Waals surface area contributed by atoms with Gasteiger partial charge in [-0.15, -0.1) is 0 Å². The van der Waals surface area contributed by atoms with Gasteiger partial charge in [0, 0.05) is 13.0 Å². The number of amides is 1. The van der Waals surface area contributed by atoms with Crippen molar-refractivity contribution in [2.24, 2.45) is 5.92 Å². The molecule has 1 spiro atoms. The van der Waals surface area contributed by atoms with Gasteiger partial charge < -0.3 is 14.7 Å². The molecule has 0 bridgehead atoms. The number of carbonyl (C=O) groups excluding carboxylic acids is 1. The Labute approximate surface area is 124 Å². The number of rotatable bonds is 1. The summed E-state index contributed by atoms with van der Waals surface area (Å²) in [4.78, 5) is 14.6. The van der Waals surface area contributed by atoms with Crippen LogP contribution in [-0.2, 0) is 16.8 Å². The number of nitrogens with zero attached hydrogens (tertiary/aromatic N) is 1. The third-order valence-corrected chi connectivity index (χ3v) is 5.72. The molecule has 1 aromatic rings. The van der Waals surface area contributed by atoms with Crippen LogP contribution in [0.3, 0.4) is 0 Å². The highest BCUT2D eigenvalue weighted by atomic mass is 16.5. The lowest BCUT2D eigenvalue weighted by Crippen LogP contribution is -2.52. The van der Waals surface area contributed by atoms with E-state index in [1.165, 1.54) is 24.0 Å². The quantitative estimate of drug-likeness (QED) is 0.863. The number of methoxy groups -OCH3 is 1. The minimum Gasteiger partial charge on any atom is -0.504 e. The van der Waals surface area contributed by atoms with E-state index < -0.39 is 0 Å². The maximum absolute atomic E-state index is 12.4. The average molecular weight is 287 g/mol. The Bertz CT molecular complexity index is 612. The summed E-state index contributed by atoms with van der Waals surface area (Å²) in [6, 6.07) is 3.82. The molecule has 1 saturated heterocycles. The van der Waals surface area contributed by atoms with Crippen LogP contribution in [0.5, 0.6) is 11.5 Å². The van der Waals surface area contributed by atoms with Crippen LogP contribution in [0.15, 0.2) is 12.1 Å². The first kappa shape index (κ1) is 13.0. The number of hydrogen-bond donors (Lipinski definition) is 1. The van der Waals surface area contributed by atoms with E-state index in [4.69, 9.17) is 4.74 Å². The van der Waals surface area contributed by atoms with Gasteiger partial charge in [0.2, 0.25) is 5.91 Å². The Morgan fingerprint density at radius 3 is 3.05 bits per heavy atom. The minimum absolute atomic E-state index is 0.135. The lowest BCUT2D eigenvalue weighted by atomic mass is 9.66.